The van der Waals surface area contributed by atoms with E-state index in [1.807, 2.05) is 0 Å². The van der Waals surface area contributed by atoms with E-state index in [2.05, 4.69) is 4.98 Å². The maximum atomic E-state index is 12.1. The van der Waals surface area contributed by atoms with Crippen LogP contribution >= 0.6 is 0 Å². The second-order valence-corrected chi connectivity index (χ2v) is 3.16. The van der Waals surface area contributed by atoms with E-state index in [-0.39, 0.29) is 6.54 Å². The monoisotopic (exact) mass is 207 g/mol. The SMILES string of the molecule is CC(CC(F)(F)F)n1cncc1CN. The fraction of sp³-hybridized carbons (Fsp3) is 0.625. The number of hydrogen-bond donors (Lipinski definition) is 1. The van der Waals surface area contributed by atoms with Gasteiger partial charge in [0, 0.05) is 18.8 Å². The van der Waals surface area contributed by atoms with E-state index in [0.717, 1.165) is 0 Å². The Balaban J connectivity index is 2.74. The summed E-state index contributed by atoms with van der Waals surface area (Å²) in [6.45, 7) is 1.69. The van der Waals surface area contributed by atoms with Crippen LogP contribution in [0.4, 0.5) is 13.2 Å². The van der Waals surface area contributed by atoms with Gasteiger partial charge in [-0.05, 0) is 6.92 Å². The minimum atomic E-state index is -4.16. The summed E-state index contributed by atoms with van der Waals surface area (Å²) >= 11 is 0. The van der Waals surface area contributed by atoms with E-state index in [1.165, 1.54) is 24.0 Å². The molecule has 2 N–H and O–H groups in total. The molecule has 6 heteroatoms. The van der Waals surface area contributed by atoms with Crippen LogP contribution in [-0.4, -0.2) is 15.7 Å². The molecule has 0 bridgehead atoms. The molecule has 1 aromatic rings. The van der Waals surface area contributed by atoms with E-state index in [0.29, 0.717) is 5.69 Å². The average Bonchev–Trinajstić information content (AvgIpc) is 2.47. The van der Waals surface area contributed by atoms with Crippen molar-refractivity contribution in [2.45, 2.75) is 32.1 Å². The molecule has 1 aromatic heterocycles. The van der Waals surface area contributed by atoms with Gasteiger partial charge >= 0.3 is 6.18 Å². The molecule has 0 aliphatic heterocycles. The summed E-state index contributed by atoms with van der Waals surface area (Å²) in [6, 6.07) is -0.656. The van der Waals surface area contributed by atoms with E-state index < -0.39 is 18.6 Å². The lowest BCUT2D eigenvalue weighted by molar-refractivity contribution is -0.141. The smallest absolute Gasteiger partial charge is 0.330 e. The molecule has 1 unspecified atom stereocenters. The summed E-state index contributed by atoms with van der Waals surface area (Å²) in [5.41, 5.74) is 5.97. The van der Waals surface area contributed by atoms with Gasteiger partial charge in [-0.3, -0.25) is 0 Å². The second-order valence-electron chi connectivity index (χ2n) is 3.16. The Morgan fingerprint density at radius 2 is 2.21 bits per heavy atom. The second kappa shape index (κ2) is 4.00. The number of hydrogen-bond acceptors (Lipinski definition) is 2. The molecule has 0 radical (unpaired) electrons. The first kappa shape index (κ1) is 11.0. The van der Waals surface area contributed by atoms with Crippen molar-refractivity contribution in [3.05, 3.63) is 18.2 Å². The van der Waals surface area contributed by atoms with Gasteiger partial charge in [-0.1, -0.05) is 0 Å². The molecule has 0 aliphatic carbocycles. The van der Waals surface area contributed by atoms with Crippen molar-refractivity contribution in [2.75, 3.05) is 0 Å². The molecule has 1 heterocycles. The fourth-order valence-corrected chi connectivity index (χ4v) is 1.32. The molecule has 0 saturated carbocycles. The molecule has 1 atom stereocenters. The van der Waals surface area contributed by atoms with Crippen LogP contribution in [0, 0.1) is 0 Å². The van der Waals surface area contributed by atoms with E-state index in [4.69, 9.17) is 5.73 Å². The lowest BCUT2D eigenvalue weighted by Crippen LogP contribution is -2.18. The first-order valence-corrected chi connectivity index (χ1v) is 4.21. The average molecular weight is 207 g/mol. The zero-order valence-electron chi connectivity index (χ0n) is 7.75. The normalized spacial score (nSPS) is 14.4. The summed E-state index contributed by atoms with van der Waals surface area (Å²) in [7, 11) is 0. The first-order chi connectivity index (χ1) is 6.44. The Hall–Kier alpha value is -1.04. The number of nitrogens with zero attached hydrogens (tertiary/aromatic N) is 2. The topological polar surface area (TPSA) is 43.8 Å². The molecule has 0 spiro atoms. The highest BCUT2D eigenvalue weighted by atomic mass is 19.4. The quantitative estimate of drug-likeness (QED) is 0.822. The zero-order chi connectivity index (χ0) is 10.8. The van der Waals surface area contributed by atoms with Crippen LogP contribution in [0.25, 0.3) is 0 Å². The van der Waals surface area contributed by atoms with Gasteiger partial charge < -0.3 is 10.3 Å². The number of aromatic nitrogens is 2. The van der Waals surface area contributed by atoms with Crippen LogP contribution in [-0.2, 0) is 6.54 Å². The Labute approximate surface area is 79.7 Å². The Bertz CT molecular complexity index is 292. The van der Waals surface area contributed by atoms with Crippen LogP contribution in [0.2, 0.25) is 0 Å². The molecule has 80 valence electrons. The van der Waals surface area contributed by atoms with Crippen LogP contribution < -0.4 is 5.73 Å². The molecule has 0 aromatic carbocycles. The summed E-state index contributed by atoms with van der Waals surface area (Å²) < 4.78 is 37.7. The maximum Gasteiger partial charge on any atom is 0.391 e. The van der Waals surface area contributed by atoms with Crippen molar-refractivity contribution in [1.29, 1.82) is 0 Å². The van der Waals surface area contributed by atoms with Crippen LogP contribution in [0.15, 0.2) is 12.5 Å². The minimum absolute atomic E-state index is 0.197. The largest absolute Gasteiger partial charge is 0.391 e. The summed E-state index contributed by atoms with van der Waals surface area (Å²) in [4.78, 5) is 3.76. The van der Waals surface area contributed by atoms with Crippen molar-refractivity contribution in [3.8, 4) is 0 Å². The van der Waals surface area contributed by atoms with Gasteiger partial charge in [0.15, 0.2) is 0 Å². The number of imidazole rings is 1. The molecule has 3 nitrogen and oxygen atoms in total. The summed E-state index contributed by atoms with van der Waals surface area (Å²) in [5, 5.41) is 0. The van der Waals surface area contributed by atoms with Crippen molar-refractivity contribution < 1.29 is 13.2 Å². The molecule has 0 amide bonds. The molecule has 14 heavy (non-hydrogen) atoms. The van der Waals surface area contributed by atoms with Gasteiger partial charge in [0.2, 0.25) is 0 Å². The summed E-state index contributed by atoms with van der Waals surface area (Å²) in [5.74, 6) is 0. The predicted molar refractivity (Wildman–Crippen MR) is 45.5 cm³/mol. The highest BCUT2D eigenvalue weighted by molar-refractivity contribution is 4.99. The Morgan fingerprint density at radius 1 is 1.57 bits per heavy atom. The van der Waals surface area contributed by atoms with Gasteiger partial charge in [0.1, 0.15) is 0 Å². The van der Waals surface area contributed by atoms with Crippen molar-refractivity contribution in [3.63, 3.8) is 0 Å². The van der Waals surface area contributed by atoms with Gasteiger partial charge in [-0.2, -0.15) is 13.2 Å². The van der Waals surface area contributed by atoms with Crippen LogP contribution in [0.5, 0.6) is 0 Å². The van der Waals surface area contributed by atoms with E-state index in [1.54, 1.807) is 0 Å². The predicted octanol–water partition coefficient (Wildman–Crippen LogP) is 1.86. The Kier molecular flexibility index (Phi) is 3.15. The molecule has 0 saturated heterocycles. The maximum absolute atomic E-state index is 12.1. The minimum Gasteiger partial charge on any atom is -0.330 e. The van der Waals surface area contributed by atoms with Crippen LogP contribution in [0.3, 0.4) is 0 Å². The van der Waals surface area contributed by atoms with Crippen molar-refractivity contribution in [1.82, 2.24) is 9.55 Å². The third-order valence-electron chi connectivity index (χ3n) is 1.96. The number of rotatable bonds is 3. The highest BCUT2D eigenvalue weighted by Crippen LogP contribution is 2.27. The Morgan fingerprint density at radius 3 is 2.71 bits per heavy atom. The molecule has 0 aliphatic rings. The van der Waals surface area contributed by atoms with Gasteiger partial charge in [0.05, 0.1) is 18.4 Å². The molecular weight excluding hydrogens is 195 g/mol. The fourth-order valence-electron chi connectivity index (χ4n) is 1.32. The van der Waals surface area contributed by atoms with E-state index in [9.17, 15) is 13.2 Å². The van der Waals surface area contributed by atoms with Gasteiger partial charge in [-0.25, -0.2) is 4.98 Å². The van der Waals surface area contributed by atoms with Crippen molar-refractivity contribution >= 4 is 0 Å². The number of alkyl halides is 3. The van der Waals surface area contributed by atoms with Gasteiger partial charge in [-0.15, -0.1) is 0 Å². The highest BCUT2D eigenvalue weighted by Gasteiger charge is 2.30. The summed E-state index contributed by atoms with van der Waals surface area (Å²) in [6.07, 6.45) is -2.17. The molecular formula is C8H12F3N3. The lowest BCUT2D eigenvalue weighted by atomic mass is 10.2. The van der Waals surface area contributed by atoms with Crippen LogP contribution in [0.1, 0.15) is 25.1 Å². The number of halogens is 3. The first-order valence-electron chi connectivity index (χ1n) is 4.21. The third kappa shape index (κ3) is 2.73. The standard InChI is InChI=1S/C8H12F3N3/c1-6(2-8(9,10)11)14-5-13-4-7(14)3-12/h4-6H,2-3,12H2,1H3. The zero-order valence-corrected chi connectivity index (χ0v) is 7.75. The van der Waals surface area contributed by atoms with Crippen molar-refractivity contribution in [2.24, 2.45) is 5.73 Å². The van der Waals surface area contributed by atoms with Gasteiger partial charge in [0.25, 0.3) is 0 Å². The third-order valence-corrected chi connectivity index (χ3v) is 1.96. The number of nitrogens with two attached hydrogens (primary N) is 1. The molecule has 0 fully saturated rings. The lowest BCUT2D eigenvalue weighted by Gasteiger charge is -2.17. The molecule has 1 rings (SSSR count). The van der Waals surface area contributed by atoms with E-state index >= 15 is 0 Å².